The maximum Gasteiger partial charge on any atom is 0.256 e. The number of aromatic nitrogens is 5. The smallest absolute Gasteiger partial charge is 0.256 e. The molecule has 1 amide bonds. The Morgan fingerprint density at radius 1 is 1.20 bits per heavy atom. The summed E-state index contributed by atoms with van der Waals surface area (Å²) in [4.78, 5) is 22.3. The molecule has 8 heteroatoms. The van der Waals surface area contributed by atoms with Crippen molar-refractivity contribution in [3.63, 3.8) is 0 Å². The number of carbonyl (C=O) groups is 1. The monoisotopic (exact) mass is 403 g/mol. The predicted molar refractivity (Wildman–Crippen MR) is 117 cm³/mol. The molecule has 2 N–H and O–H groups in total. The fraction of sp³-hybridized carbons (Fsp3) is 0.364. The van der Waals surface area contributed by atoms with Crippen LogP contribution in [0.1, 0.15) is 48.7 Å². The Hall–Kier alpha value is -3.42. The highest BCUT2D eigenvalue weighted by molar-refractivity contribution is 6.01. The van der Waals surface area contributed by atoms with Crippen LogP contribution >= 0.6 is 0 Å². The van der Waals surface area contributed by atoms with Gasteiger partial charge >= 0.3 is 0 Å². The van der Waals surface area contributed by atoms with Gasteiger partial charge in [0.05, 0.1) is 11.9 Å². The van der Waals surface area contributed by atoms with Crippen molar-refractivity contribution in [1.29, 1.82) is 0 Å². The summed E-state index contributed by atoms with van der Waals surface area (Å²) in [6, 6.07) is 4.64. The first-order valence-corrected chi connectivity index (χ1v) is 10.3. The number of pyridine rings is 1. The van der Waals surface area contributed by atoms with Crippen molar-refractivity contribution in [1.82, 2.24) is 29.5 Å². The molecule has 30 heavy (non-hydrogen) atoms. The van der Waals surface area contributed by atoms with Gasteiger partial charge in [-0.2, -0.15) is 9.61 Å². The zero-order valence-corrected chi connectivity index (χ0v) is 17.6. The van der Waals surface area contributed by atoms with Gasteiger partial charge in [0.25, 0.3) is 5.91 Å². The van der Waals surface area contributed by atoms with Gasteiger partial charge in [0.15, 0.2) is 5.65 Å². The van der Waals surface area contributed by atoms with Gasteiger partial charge in [-0.05, 0) is 45.2 Å². The number of aryl methyl sites for hydroxylation is 1. The van der Waals surface area contributed by atoms with E-state index in [1.165, 1.54) is 0 Å². The summed E-state index contributed by atoms with van der Waals surface area (Å²) in [6.07, 6.45) is 7.64. The minimum absolute atomic E-state index is 0.124. The van der Waals surface area contributed by atoms with Crippen LogP contribution in [-0.2, 0) is 0 Å². The van der Waals surface area contributed by atoms with E-state index in [1.807, 2.05) is 26.2 Å². The third-order valence-corrected chi connectivity index (χ3v) is 5.52. The van der Waals surface area contributed by atoms with E-state index in [9.17, 15) is 4.79 Å². The lowest BCUT2D eigenvalue weighted by Gasteiger charge is -2.08. The van der Waals surface area contributed by atoms with Gasteiger partial charge in [0.1, 0.15) is 17.0 Å². The number of fused-ring (bicyclic) bond motifs is 2. The molecule has 8 nitrogen and oxygen atoms in total. The molecule has 5 rings (SSSR count). The van der Waals surface area contributed by atoms with Crippen molar-refractivity contribution in [3.8, 4) is 11.3 Å². The summed E-state index contributed by atoms with van der Waals surface area (Å²) >= 11 is 0. The molecule has 1 aliphatic rings. The van der Waals surface area contributed by atoms with Gasteiger partial charge in [-0.1, -0.05) is 0 Å². The fourth-order valence-electron chi connectivity index (χ4n) is 3.76. The summed E-state index contributed by atoms with van der Waals surface area (Å²) in [5, 5.41) is 11.7. The normalized spacial score (nSPS) is 14.0. The Kier molecular flexibility index (Phi) is 4.23. The largest absolute Gasteiger partial charge is 0.373 e. The van der Waals surface area contributed by atoms with Crippen LogP contribution in [0.5, 0.6) is 0 Å². The Labute approximate surface area is 174 Å². The van der Waals surface area contributed by atoms with Crippen LogP contribution in [0, 0.1) is 6.92 Å². The van der Waals surface area contributed by atoms with Crippen LogP contribution in [0.15, 0.2) is 30.7 Å². The molecule has 0 spiro atoms. The van der Waals surface area contributed by atoms with E-state index < -0.39 is 0 Å². The topological polar surface area (TPSA) is 89.1 Å². The number of hydrogen-bond donors (Lipinski definition) is 2. The lowest BCUT2D eigenvalue weighted by Crippen LogP contribution is -2.25. The van der Waals surface area contributed by atoms with E-state index in [4.69, 9.17) is 4.98 Å². The lowest BCUT2D eigenvalue weighted by molar-refractivity contribution is 0.0952. The second-order valence-corrected chi connectivity index (χ2v) is 8.25. The van der Waals surface area contributed by atoms with E-state index >= 15 is 0 Å². The molecule has 0 saturated heterocycles. The number of rotatable bonds is 5. The third-order valence-electron chi connectivity index (χ3n) is 5.52. The quantitative estimate of drug-likeness (QED) is 0.532. The van der Waals surface area contributed by atoms with Crippen molar-refractivity contribution in [3.05, 3.63) is 41.9 Å². The molecule has 4 aromatic heterocycles. The standard InChI is InChI=1S/C22H25N7O/c1-12(2)28-11-17(15-7-13(3)9-24-20(15)28)18-8-19(23-4)29-21(27-18)16(10-25-29)22(30)26-14-5-6-14/h7-12,14,23H,5-6H2,1-4H3,(H,26,30). The number of nitrogens with zero attached hydrogens (tertiary/aromatic N) is 5. The van der Waals surface area contributed by atoms with Crippen LogP contribution in [0.2, 0.25) is 0 Å². The molecule has 4 aromatic rings. The van der Waals surface area contributed by atoms with E-state index in [-0.39, 0.29) is 18.0 Å². The van der Waals surface area contributed by atoms with E-state index in [1.54, 1.807) is 10.7 Å². The van der Waals surface area contributed by atoms with Crippen LogP contribution in [-0.4, -0.2) is 43.1 Å². The predicted octanol–water partition coefficient (Wildman–Crippen LogP) is 3.57. The average Bonchev–Trinajstić information content (AvgIpc) is 3.29. The Balaban J connectivity index is 1.73. The highest BCUT2D eigenvalue weighted by atomic mass is 16.1. The molecule has 1 fully saturated rings. The SMILES string of the molecule is CNc1cc(-c2cn(C(C)C)c3ncc(C)cc23)nc2c(C(=O)NC3CC3)cnn12. The highest BCUT2D eigenvalue weighted by Crippen LogP contribution is 2.33. The van der Waals surface area contributed by atoms with Gasteiger partial charge in [-0.15, -0.1) is 0 Å². The second-order valence-electron chi connectivity index (χ2n) is 8.25. The van der Waals surface area contributed by atoms with Crippen LogP contribution in [0.3, 0.4) is 0 Å². The van der Waals surface area contributed by atoms with Gasteiger partial charge in [0, 0.05) is 48.5 Å². The molecular weight excluding hydrogens is 378 g/mol. The zero-order valence-electron chi connectivity index (χ0n) is 17.6. The maximum absolute atomic E-state index is 12.7. The van der Waals surface area contributed by atoms with E-state index in [0.717, 1.165) is 46.5 Å². The van der Waals surface area contributed by atoms with Crippen molar-refractivity contribution in [2.45, 2.75) is 45.7 Å². The maximum atomic E-state index is 12.7. The molecule has 4 heterocycles. The number of carbonyl (C=O) groups excluding carboxylic acids is 1. The lowest BCUT2D eigenvalue weighted by atomic mass is 10.1. The van der Waals surface area contributed by atoms with Gasteiger partial charge < -0.3 is 15.2 Å². The Morgan fingerprint density at radius 2 is 2.00 bits per heavy atom. The number of hydrogen-bond acceptors (Lipinski definition) is 5. The Morgan fingerprint density at radius 3 is 2.70 bits per heavy atom. The summed E-state index contributed by atoms with van der Waals surface area (Å²) in [5.41, 5.74) is 4.82. The first-order valence-electron chi connectivity index (χ1n) is 10.3. The highest BCUT2D eigenvalue weighted by Gasteiger charge is 2.26. The minimum Gasteiger partial charge on any atom is -0.373 e. The summed E-state index contributed by atoms with van der Waals surface area (Å²) in [5.74, 6) is 0.646. The van der Waals surface area contributed by atoms with Crippen LogP contribution < -0.4 is 10.6 Å². The summed E-state index contributed by atoms with van der Waals surface area (Å²) in [6.45, 7) is 6.31. The molecule has 0 aliphatic heterocycles. The van der Waals surface area contributed by atoms with Gasteiger partial charge in [-0.3, -0.25) is 4.79 Å². The molecule has 0 bridgehead atoms. The van der Waals surface area contributed by atoms with Crippen LogP contribution in [0.25, 0.3) is 27.9 Å². The molecule has 1 aliphatic carbocycles. The molecule has 1 saturated carbocycles. The van der Waals surface area contributed by atoms with E-state index in [0.29, 0.717) is 11.2 Å². The molecule has 0 atom stereocenters. The second kappa shape index (κ2) is 6.83. The Bertz CT molecular complexity index is 1280. The van der Waals surface area contributed by atoms with E-state index in [2.05, 4.69) is 51.4 Å². The fourth-order valence-corrected chi connectivity index (χ4v) is 3.76. The summed E-state index contributed by atoms with van der Waals surface area (Å²) < 4.78 is 3.84. The number of amides is 1. The minimum atomic E-state index is -0.124. The molecule has 0 radical (unpaired) electrons. The molecular formula is C22H25N7O. The van der Waals surface area contributed by atoms with Gasteiger partial charge in [0.2, 0.25) is 0 Å². The number of nitrogens with one attached hydrogen (secondary N) is 2. The van der Waals surface area contributed by atoms with Gasteiger partial charge in [-0.25, -0.2) is 9.97 Å². The molecule has 0 aromatic carbocycles. The summed E-state index contributed by atoms with van der Waals surface area (Å²) in [7, 11) is 1.84. The number of anilines is 1. The van der Waals surface area contributed by atoms with Crippen molar-refractivity contribution >= 4 is 28.4 Å². The zero-order chi connectivity index (χ0) is 21.0. The van der Waals surface area contributed by atoms with Crippen molar-refractivity contribution in [2.75, 3.05) is 12.4 Å². The van der Waals surface area contributed by atoms with Crippen molar-refractivity contribution < 1.29 is 4.79 Å². The molecule has 154 valence electrons. The molecule has 0 unspecified atom stereocenters. The first kappa shape index (κ1) is 18.6. The van der Waals surface area contributed by atoms with Crippen molar-refractivity contribution in [2.24, 2.45) is 0 Å². The average molecular weight is 403 g/mol. The first-order chi connectivity index (χ1) is 14.5. The van der Waals surface area contributed by atoms with Crippen LogP contribution in [0.4, 0.5) is 5.82 Å². The third kappa shape index (κ3) is 2.99.